The van der Waals surface area contributed by atoms with E-state index in [0.29, 0.717) is 17.9 Å². The number of carbonyl (C=O) groups is 2. The van der Waals surface area contributed by atoms with E-state index in [4.69, 9.17) is 16.3 Å². The van der Waals surface area contributed by atoms with Crippen molar-refractivity contribution in [2.45, 2.75) is 47.9 Å². The lowest BCUT2D eigenvalue weighted by atomic mass is 10.2. The maximum atomic E-state index is 13.0. The summed E-state index contributed by atoms with van der Waals surface area (Å²) in [7, 11) is -3.79. The summed E-state index contributed by atoms with van der Waals surface area (Å²) >= 11 is 5.82. The third kappa shape index (κ3) is 3.93. The monoisotopic (exact) mass is 425 g/mol. The third-order valence-electron chi connectivity index (χ3n) is 4.98. The van der Waals surface area contributed by atoms with Gasteiger partial charge in [-0.25, -0.2) is 13.2 Å². The Morgan fingerprint density at radius 3 is 2.54 bits per heavy atom. The van der Waals surface area contributed by atoms with Gasteiger partial charge in [-0.2, -0.15) is 5.26 Å². The molecule has 2 atom stereocenters. The molecule has 1 aliphatic carbocycles. The smallest absolute Gasteiger partial charge is 0.410 e. The van der Waals surface area contributed by atoms with E-state index < -0.39 is 38.7 Å². The summed E-state index contributed by atoms with van der Waals surface area (Å²) in [5, 5.41) is 11.3. The first-order chi connectivity index (χ1) is 13.2. The number of sulfone groups is 1. The third-order valence-corrected chi connectivity index (χ3v) is 7.38. The molecule has 28 heavy (non-hydrogen) atoms. The number of hydrogen-bond acceptors (Lipinski definition) is 6. The van der Waals surface area contributed by atoms with Gasteiger partial charge in [-0.15, -0.1) is 0 Å². The summed E-state index contributed by atoms with van der Waals surface area (Å²) in [5.41, 5.74) is -0.912. The number of amides is 2. The number of nitriles is 1. The molecule has 3 rings (SSSR count). The first-order valence-electron chi connectivity index (χ1n) is 8.88. The molecule has 1 aromatic rings. The molecule has 0 spiro atoms. The molecular weight excluding hydrogens is 406 g/mol. The Bertz CT molecular complexity index is 922. The maximum Gasteiger partial charge on any atom is 0.410 e. The standard InChI is InChI=1S/C18H20ClN3O5S/c1-2-27-17(24)22-10-14(28(25,26)13-5-3-12(19)4-6-13)9-15(22)16(23)21-18(11-20)7-8-18/h3-6,14-15H,2,7-10H2,1H3,(H,21,23)/t14-,15+/m1/s1. The topological polar surface area (TPSA) is 117 Å². The van der Waals surface area contributed by atoms with E-state index in [0.717, 1.165) is 4.90 Å². The molecule has 150 valence electrons. The molecule has 1 heterocycles. The molecule has 2 fully saturated rings. The van der Waals surface area contributed by atoms with Gasteiger partial charge >= 0.3 is 6.09 Å². The van der Waals surface area contributed by atoms with Crippen LogP contribution in [-0.4, -0.2) is 55.3 Å². The number of carbonyl (C=O) groups excluding carboxylic acids is 2. The van der Waals surface area contributed by atoms with Gasteiger partial charge in [0.15, 0.2) is 9.84 Å². The van der Waals surface area contributed by atoms with Crippen LogP contribution in [0.25, 0.3) is 0 Å². The lowest BCUT2D eigenvalue weighted by Crippen LogP contribution is -2.49. The van der Waals surface area contributed by atoms with Crippen molar-refractivity contribution in [1.29, 1.82) is 5.26 Å². The van der Waals surface area contributed by atoms with Crippen LogP contribution in [0.2, 0.25) is 5.02 Å². The van der Waals surface area contributed by atoms with Crippen molar-refractivity contribution in [3.05, 3.63) is 29.3 Å². The molecule has 0 aromatic heterocycles. The van der Waals surface area contributed by atoms with Gasteiger partial charge in [0, 0.05) is 11.6 Å². The number of hydrogen-bond donors (Lipinski definition) is 1. The van der Waals surface area contributed by atoms with Crippen LogP contribution in [-0.2, 0) is 19.4 Å². The second kappa shape index (κ2) is 7.60. The van der Waals surface area contributed by atoms with Crippen molar-refractivity contribution >= 4 is 33.4 Å². The quantitative estimate of drug-likeness (QED) is 0.769. The molecular formula is C18H20ClN3O5S. The minimum atomic E-state index is -3.79. The van der Waals surface area contributed by atoms with Crippen molar-refractivity contribution in [3.63, 3.8) is 0 Å². The first-order valence-corrected chi connectivity index (χ1v) is 10.8. The zero-order valence-electron chi connectivity index (χ0n) is 15.2. The van der Waals surface area contributed by atoms with Gasteiger partial charge in [0.2, 0.25) is 5.91 Å². The van der Waals surface area contributed by atoms with E-state index in [2.05, 4.69) is 11.4 Å². The number of halogens is 1. The van der Waals surface area contributed by atoms with Gasteiger partial charge in [0.1, 0.15) is 11.6 Å². The summed E-state index contributed by atoms with van der Waals surface area (Å²) < 4.78 is 31.0. The SMILES string of the molecule is CCOC(=O)N1C[C@H](S(=O)(=O)c2ccc(Cl)cc2)C[C@H]1C(=O)NC1(C#N)CC1. The van der Waals surface area contributed by atoms with Crippen molar-refractivity contribution in [2.24, 2.45) is 0 Å². The molecule has 1 saturated carbocycles. The van der Waals surface area contributed by atoms with Crippen LogP contribution in [0.1, 0.15) is 26.2 Å². The second-order valence-electron chi connectivity index (χ2n) is 6.91. The van der Waals surface area contributed by atoms with Crippen molar-refractivity contribution in [1.82, 2.24) is 10.2 Å². The number of rotatable bonds is 5. The average molecular weight is 426 g/mol. The lowest BCUT2D eigenvalue weighted by Gasteiger charge is -2.23. The fourth-order valence-corrected chi connectivity index (χ4v) is 5.02. The molecule has 0 bridgehead atoms. The number of benzene rings is 1. The highest BCUT2D eigenvalue weighted by Gasteiger charge is 2.50. The zero-order chi connectivity index (χ0) is 20.5. The summed E-state index contributed by atoms with van der Waals surface area (Å²) in [4.78, 5) is 26.2. The molecule has 2 amide bonds. The van der Waals surface area contributed by atoms with Crippen molar-refractivity contribution in [3.8, 4) is 6.07 Å². The highest BCUT2D eigenvalue weighted by atomic mass is 35.5. The Morgan fingerprint density at radius 2 is 2.00 bits per heavy atom. The van der Waals surface area contributed by atoms with E-state index in [1.54, 1.807) is 6.92 Å². The minimum absolute atomic E-state index is 0.0717. The van der Waals surface area contributed by atoms with Crippen LogP contribution in [0.3, 0.4) is 0 Å². The van der Waals surface area contributed by atoms with Gasteiger partial charge in [-0.3, -0.25) is 9.69 Å². The summed E-state index contributed by atoms with van der Waals surface area (Å²) in [6.45, 7) is 1.56. The Morgan fingerprint density at radius 1 is 1.36 bits per heavy atom. The van der Waals surface area contributed by atoms with Gasteiger partial charge in [0.05, 0.1) is 22.8 Å². The Balaban J connectivity index is 1.85. The maximum absolute atomic E-state index is 13.0. The van der Waals surface area contributed by atoms with Gasteiger partial charge in [-0.1, -0.05) is 11.6 Å². The van der Waals surface area contributed by atoms with E-state index >= 15 is 0 Å². The largest absolute Gasteiger partial charge is 0.450 e. The normalized spacial score (nSPS) is 23.0. The Hall–Kier alpha value is -2.31. The molecule has 0 unspecified atom stereocenters. The van der Waals surface area contributed by atoms with Gasteiger partial charge in [0.25, 0.3) is 0 Å². The molecule has 1 aromatic carbocycles. The van der Waals surface area contributed by atoms with Crippen molar-refractivity contribution in [2.75, 3.05) is 13.2 Å². The molecule has 10 heteroatoms. The lowest BCUT2D eigenvalue weighted by molar-refractivity contribution is -0.125. The number of nitrogens with zero attached hydrogens (tertiary/aromatic N) is 2. The predicted molar refractivity (Wildman–Crippen MR) is 100 cm³/mol. The zero-order valence-corrected chi connectivity index (χ0v) is 16.8. The summed E-state index contributed by atoms with van der Waals surface area (Å²) in [6, 6.07) is 6.77. The highest BCUT2D eigenvalue weighted by Crippen LogP contribution is 2.36. The Labute approximate surface area is 168 Å². The van der Waals surface area contributed by atoms with Crippen LogP contribution in [0.4, 0.5) is 4.79 Å². The van der Waals surface area contributed by atoms with Crippen LogP contribution < -0.4 is 5.32 Å². The van der Waals surface area contributed by atoms with E-state index in [9.17, 15) is 23.3 Å². The summed E-state index contributed by atoms with van der Waals surface area (Å²) in [6.07, 6.45) is 0.247. The molecule has 8 nitrogen and oxygen atoms in total. The van der Waals surface area contributed by atoms with Crippen LogP contribution >= 0.6 is 11.6 Å². The molecule has 1 saturated heterocycles. The average Bonchev–Trinajstić information content (AvgIpc) is 3.27. The minimum Gasteiger partial charge on any atom is -0.450 e. The molecule has 0 radical (unpaired) electrons. The van der Waals surface area contributed by atoms with Crippen molar-refractivity contribution < 1.29 is 22.7 Å². The highest BCUT2D eigenvalue weighted by molar-refractivity contribution is 7.92. The molecule has 1 aliphatic heterocycles. The van der Waals surface area contributed by atoms with E-state index in [-0.39, 0.29) is 24.5 Å². The number of likely N-dealkylation sites (tertiary alicyclic amines) is 1. The van der Waals surface area contributed by atoms with Crippen LogP contribution in [0.5, 0.6) is 0 Å². The fraction of sp³-hybridized carbons (Fsp3) is 0.500. The molecule has 1 N–H and O–H groups in total. The summed E-state index contributed by atoms with van der Waals surface area (Å²) in [5.74, 6) is -0.541. The first kappa shape index (κ1) is 20.4. The van der Waals surface area contributed by atoms with Crippen LogP contribution in [0, 0.1) is 11.3 Å². The van der Waals surface area contributed by atoms with Gasteiger partial charge in [-0.05, 0) is 50.5 Å². The number of ether oxygens (including phenoxy) is 1. The Kier molecular flexibility index (Phi) is 5.55. The second-order valence-corrected chi connectivity index (χ2v) is 9.57. The fourth-order valence-electron chi connectivity index (χ4n) is 3.20. The van der Waals surface area contributed by atoms with Crippen LogP contribution in [0.15, 0.2) is 29.2 Å². The predicted octanol–water partition coefficient (Wildman–Crippen LogP) is 1.89. The number of nitrogens with one attached hydrogen (secondary N) is 1. The van der Waals surface area contributed by atoms with E-state index in [1.807, 2.05) is 0 Å². The van der Waals surface area contributed by atoms with Gasteiger partial charge < -0.3 is 10.1 Å². The van der Waals surface area contributed by atoms with E-state index in [1.165, 1.54) is 24.3 Å². The molecule has 2 aliphatic rings.